The van der Waals surface area contributed by atoms with Gasteiger partial charge in [-0.05, 0) is 61.9 Å². The first kappa shape index (κ1) is 26.2. The van der Waals surface area contributed by atoms with E-state index in [2.05, 4.69) is 10.6 Å². The number of primary amides is 1. The summed E-state index contributed by atoms with van der Waals surface area (Å²) in [6.07, 6.45) is 3.14. The van der Waals surface area contributed by atoms with Crippen LogP contribution in [0.3, 0.4) is 0 Å². The molecule has 4 amide bonds. The van der Waals surface area contributed by atoms with Gasteiger partial charge in [-0.25, -0.2) is 0 Å². The van der Waals surface area contributed by atoms with E-state index in [4.69, 9.17) is 11.5 Å². The van der Waals surface area contributed by atoms with Crippen LogP contribution in [0.4, 0.5) is 0 Å². The Morgan fingerprint density at radius 1 is 1.06 bits per heavy atom. The Bertz CT molecular complexity index is 1070. The number of hydrogen-bond acceptors (Lipinski definition) is 5. The van der Waals surface area contributed by atoms with E-state index < -0.39 is 29.9 Å². The zero-order chi connectivity index (χ0) is 25.4. The molecule has 0 unspecified atom stereocenters. The second kappa shape index (κ2) is 12.3. The van der Waals surface area contributed by atoms with Gasteiger partial charge in [-0.1, -0.05) is 42.5 Å². The average molecular weight is 482 g/mol. The maximum atomic E-state index is 13.2. The van der Waals surface area contributed by atoms with Crippen LogP contribution in [0.25, 0.3) is 10.8 Å². The lowest BCUT2D eigenvalue weighted by Crippen LogP contribution is -2.55. The van der Waals surface area contributed by atoms with Crippen molar-refractivity contribution in [3.8, 4) is 0 Å². The van der Waals surface area contributed by atoms with E-state index in [9.17, 15) is 19.2 Å². The van der Waals surface area contributed by atoms with Gasteiger partial charge < -0.3 is 27.0 Å². The minimum Gasteiger partial charge on any atom is -0.368 e. The molecule has 3 rings (SSSR count). The van der Waals surface area contributed by atoms with Crippen LogP contribution in [0.15, 0.2) is 42.5 Å². The first-order valence-electron chi connectivity index (χ1n) is 12.2. The van der Waals surface area contributed by atoms with Crippen molar-refractivity contribution in [1.29, 1.82) is 0 Å². The first-order valence-corrected chi connectivity index (χ1v) is 12.2. The van der Waals surface area contributed by atoms with Gasteiger partial charge in [-0.3, -0.25) is 19.2 Å². The first-order chi connectivity index (χ1) is 16.8. The van der Waals surface area contributed by atoms with Crippen LogP contribution in [0.2, 0.25) is 0 Å². The highest BCUT2D eigenvalue weighted by molar-refractivity contribution is 5.95. The average Bonchev–Trinajstić information content (AvgIpc) is 3.34. The molecule has 0 radical (unpaired) electrons. The molecule has 1 saturated heterocycles. The molecule has 9 nitrogen and oxygen atoms in total. The third-order valence-corrected chi connectivity index (χ3v) is 6.46. The van der Waals surface area contributed by atoms with Crippen molar-refractivity contribution in [2.75, 3.05) is 13.1 Å². The predicted octanol–water partition coefficient (Wildman–Crippen LogP) is 0.977. The van der Waals surface area contributed by atoms with E-state index in [-0.39, 0.29) is 18.2 Å². The molecule has 1 heterocycles. The van der Waals surface area contributed by atoms with E-state index in [0.717, 1.165) is 16.3 Å². The third kappa shape index (κ3) is 6.79. The fraction of sp³-hybridized carbons (Fsp3) is 0.462. The number of fused-ring (bicyclic) bond motifs is 1. The summed E-state index contributed by atoms with van der Waals surface area (Å²) in [7, 11) is 0. The molecule has 188 valence electrons. The number of likely N-dealkylation sites (tertiary alicyclic amines) is 1. The number of nitrogens with one attached hydrogen (secondary N) is 2. The van der Waals surface area contributed by atoms with Gasteiger partial charge in [0, 0.05) is 6.54 Å². The standard InChI is InChI=1S/C26H35N5O4/c1-17(24(28)33)29-25(34)21(12-4-5-14-27)30-26(35)22-13-7-15-31(22)23(32)16-19-10-6-9-18-8-2-3-11-20(18)19/h2-3,6,8-11,17,21-22H,4-5,7,12-16,27H2,1H3,(H2,28,33)(H,29,34)(H,30,35)/t17-,21-,22-/m0/s1. The molecule has 0 saturated carbocycles. The molecular formula is C26H35N5O4. The number of benzene rings is 2. The van der Waals surface area contributed by atoms with E-state index in [1.165, 1.54) is 6.92 Å². The minimum atomic E-state index is -0.860. The van der Waals surface area contributed by atoms with E-state index in [1.54, 1.807) is 4.90 Å². The topological polar surface area (TPSA) is 148 Å². The van der Waals surface area contributed by atoms with Crippen molar-refractivity contribution < 1.29 is 19.2 Å². The second-order valence-electron chi connectivity index (χ2n) is 9.04. The highest BCUT2D eigenvalue weighted by atomic mass is 16.2. The van der Waals surface area contributed by atoms with E-state index >= 15 is 0 Å². The summed E-state index contributed by atoms with van der Waals surface area (Å²) >= 11 is 0. The molecule has 2 aromatic rings. The number of unbranched alkanes of at least 4 members (excludes halogenated alkanes) is 1. The van der Waals surface area contributed by atoms with Crippen LogP contribution in [0.1, 0.15) is 44.6 Å². The SMILES string of the molecule is C[C@H](NC(=O)[C@H](CCCCN)NC(=O)[C@@H]1CCCN1C(=O)Cc1cccc2ccccc12)C(N)=O. The van der Waals surface area contributed by atoms with Crippen molar-refractivity contribution in [2.45, 2.75) is 63.6 Å². The smallest absolute Gasteiger partial charge is 0.243 e. The zero-order valence-corrected chi connectivity index (χ0v) is 20.2. The van der Waals surface area contributed by atoms with Gasteiger partial charge >= 0.3 is 0 Å². The van der Waals surface area contributed by atoms with Crippen molar-refractivity contribution in [1.82, 2.24) is 15.5 Å². The Morgan fingerprint density at radius 2 is 1.80 bits per heavy atom. The third-order valence-electron chi connectivity index (χ3n) is 6.46. The molecular weight excluding hydrogens is 446 g/mol. The lowest BCUT2D eigenvalue weighted by Gasteiger charge is -2.27. The van der Waals surface area contributed by atoms with Crippen molar-refractivity contribution in [3.63, 3.8) is 0 Å². The quantitative estimate of drug-likeness (QED) is 0.353. The zero-order valence-electron chi connectivity index (χ0n) is 20.2. The molecule has 0 bridgehead atoms. The van der Waals surface area contributed by atoms with Crippen LogP contribution >= 0.6 is 0 Å². The molecule has 0 aromatic heterocycles. The van der Waals surface area contributed by atoms with Crippen molar-refractivity contribution >= 4 is 34.4 Å². The molecule has 6 N–H and O–H groups in total. The summed E-state index contributed by atoms with van der Waals surface area (Å²) in [5.74, 6) is -1.63. The number of amides is 4. The van der Waals surface area contributed by atoms with Crippen LogP contribution in [-0.4, -0.2) is 59.7 Å². The highest BCUT2D eigenvalue weighted by Crippen LogP contribution is 2.23. The molecule has 1 fully saturated rings. The maximum Gasteiger partial charge on any atom is 0.243 e. The summed E-state index contributed by atoms with van der Waals surface area (Å²) in [6, 6.07) is 11.4. The van der Waals surface area contributed by atoms with Gasteiger partial charge in [0.25, 0.3) is 0 Å². The predicted molar refractivity (Wildman–Crippen MR) is 134 cm³/mol. The van der Waals surface area contributed by atoms with Gasteiger partial charge in [0.1, 0.15) is 18.1 Å². The largest absolute Gasteiger partial charge is 0.368 e. The van der Waals surface area contributed by atoms with Crippen LogP contribution in [0, 0.1) is 0 Å². The highest BCUT2D eigenvalue weighted by Gasteiger charge is 2.36. The van der Waals surface area contributed by atoms with Crippen LogP contribution in [0.5, 0.6) is 0 Å². The second-order valence-corrected chi connectivity index (χ2v) is 9.04. The molecule has 3 atom stereocenters. The molecule has 0 spiro atoms. The molecule has 1 aliphatic heterocycles. The molecule has 0 aliphatic carbocycles. The number of rotatable bonds is 11. The number of nitrogens with two attached hydrogens (primary N) is 2. The Kier molecular flexibility index (Phi) is 9.19. The molecule has 1 aliphatic rings. The minimum absolute atomic E-state index is 0.120. The number of carbonyl (C=O) groups is 4. The monoisotopic (exact) mass is 481 g/mol. The lowest BCUT2D eigenvalue weighted by atomic mass is 10.0. The van der Waals surface area contributed by atoms with Crippen molar-refractivity contribution in [2.24, 2.45) is 11.5 Å². The summed E-state index contributed by atoms with van der Waals surface area (Å²) in [6.45, 7) is 2.45. The number of carbonyl (C=O) groups excluding carboxylic acids is 4. The Hall–Kier alpha value is -3.46. The summed E-state index contributed by atoms with van der Waals surface area (Å²) in [5, 5.41) is 7.43. The van der Waals surface area contributed by atoms with Gasteiger partial charge in [0.05, 0.1) is 6.42 Å². The summed E-state index contributed by atoms with van der Waals surface area (Å²) in [4.78, 5) is 52.1. The van der Waals surface area contributed by atoms with Crippen molar-refractivity contribution in [3.05, 3.63) is 48.0 Å². The fourth-order valence-corrected chi connectivity index (χ4v) is 4.46. The Morgan fingerprint density at radius 3 is 2.54 bits per heavy atom. The number of nitrogens with zero attached hydrogens (tertiary/aromatic N) is 1. The van der Waals surface area contributed by atoms with Gasteiger partial charge in [-0.2, -0.15) is 0 Å². The Balaban J connectivity index is 1.69. The van der Waals surface area contributed by atoms with Gasteiger partial charge in [0.2, 0.25) is 23.6 Å². The maximum absolute atomic E-state index is 13.2. The van der Waals surface area contributed by atoms with Crippen LogP contribution < -0.4 is 22.1 Å². The van der Waals surface area contributed by atoms with Gasteiger partial charge in [-0.15, -0.1) is 0 Å². The van der Waals surface area contributed by atoms with Crippen LogP contribution in [-0.2, 0) is 25.6 Å². The number of hydrogen-bond donors (Lipinski definition) is 4. The molecule has 9 heteroatoms. The summed E-state index contributed by atoms with van der Waals surface area (Å²) in [5.41, 5.74) is 11.7. The lowest BCUT2D eigenvalue weighted by molar-refractivity contribution is -0.139. The van der Waals surface area contributed by atoms with E-state index in [0.29, 0.717) is 45.2 Å². The molecule has 35 heavy (non-hydrogen) atoms. The fourth-order valence-electron chi connectivity index (χ4n) is 4.46. The van der Waals surface area contributed by atoms with E-state index in [1.807, 2.05) is 42.5 Å². The Labute approximate surface area is 205 Å². The summed E-state index contributed by atoms with van der Waals surface area (Å²) < 4.78 is 0. The van der Waals surface area contributed by atoms with Gasteiger partial charge in [0.15, 0.2) is 0 Å². The molecule has 2 aromatic carbocycles. The normalized spacial score (nSPS) is 17.1.